The van der Waals surface area contributed by atoms with Crippen LogP contribution in [0.1, 0.15) is 22.7 Å². The second kappa shape index (κ2) is 6.21. The van der Waals surface area contributed by atoms with E-state index in [1.54, 1.807) is 0 Å². The fourth-order valence-corrected chi connectivity index (χ4v) is 2.37. The first-order chi connectivity index (χ1) is 8.15. The lowest BCUT2D eigenvalue weighted by Crippen LogP contribution is -2.35. The maximum absolute atomic E-state index is 4.62. The highest BCUT2D eigenvalue weighted by atomic mass is 35.5. The van der Waals surface area contributed by atoms with Crippen LogP contribution in [0.25, 0.3) is 0 Å². The molecule has 1 aliphatic rings. The number of amidine groups is 1. The molecular formula is C14H22ClN3. The zero-order valence-corrected chi connectivity index (χ0v) is 12.3. The Morgan fingerprint density at radius 1 is 1.33 bits per heavy atom. The Labute approximate surface area is 116 Å². The molecule has 1 N–H and O–H groups in total. The topological polar surface area (TPSA) is 27.6 Å². The van der Waals surface area contributed by atoms with Crippen molar-refractivity contribution in [3.63, 3.8) is 0 Å². The van der Waals surface area contributed by atoms with Crippen LogP contribution >= 0.6 is 12.4 Å². The standard InChI is InChI=1S/C14H21N3.ClH/c1-10-6-5-7-12(11(10)2)13(15-3)14-16-8-9-17(14)4;/h5-7,13,15H,8-9H2,1-4H3;1H. The van der Waals surface area contributed by atoms with Crippen molar-refractivity contribution in [1.82, 2.24) is 10.2 Å². The van der Waals surface area contributed by atoms with Gasteiger partial charge in [0.05, 0.1) is 12.6 Å². The van der Waals surface area contributed by atoms with Gasteiger partial charge in [0.15, 0.2) is 0 Å². The predicted molar refractivity (Wildman–Crippen MR) is 79.9 cm³/mol. The molecule has 3 nitrogen and oxygen atoms in total. The van der Waals surface area contributed by atoms with Crippen LogP contribution in [0.5, 0.6) is 0 Å². The molecule has 1 heterocycles. The molecule has 1 aromatic rings. The summed E-state index contributed by atoms with van der Waals surface area (Å²) in [6.07, 6.45) is 0. The molecule has 0 fully saturated rings. The molecule has 0 aliphatic carbocycles. The van der Waals surface area contributed by atoms with Gasteiger partial charge in [-0.2, -0.15) is 0 Å². The van der Waals surface area contributed by atoms with Gasteiger partial charge in [-0.15, -0.1) is 12.4 Å². The molecule has 1 aromatic carbocycles. The Kier molecular flexibility index (Phi) is 5.17. The molecule has 0 saturated heterocycles. The van der Waals surface area contributed by atoms with Crippen LogP contribution in [0.4, 0.5) is 0 Å². The monoisotopic (exact) mass is 267 g/mol. The van der Waals surface area contributed by atoms with Crippen LogP contribution in [0, 0.1) is 13.8 Å². The van der Waals surface area contributed by atoms with Crippen molar-refractivity contribution in [1.29, 1.82) is 0 Å². The summed E-state index contributed by atoms with van der Waals surface area (Å²) >= 11 is 0. The minimum absolute atomic E-state index is 0. The fourth-order valence-electron chi connectivity index (χ4n) is 2.37. The van der Waals surface area contributed by atoms with Crippen molar-refractivity contribution in [3.05, 3.63) is 34.9 Å². The third kappa shape index (κ3) is 2.68. The normalized spacial score (nSPS) is 16.2. The first kappa shape index (κ1) is 15.0. The highest BCUT2D eigenvalue weighted by molar-refractivity contribution is 5.90. The molecule has 4 heteroatoms. The van der Waals surface area contributed by atoms with Gasteiger partial charge in [0.2, 0.25) is 0 Å². The van der Waals surface area contributed by atoms with E-state index in [0.29, 0.717) is 0 Å². The van der Waals surface area contributed by atoms with E-state index in [9.17, 15) is 0 Å². The van der Waals surface area contributed by atoms with Gasteiger partial charge in [0.25, 0.3) is 0 Å². The van der Waals surface area contributed by atoms with Gasteiger partial charge in [-0.25, -0.2) is 0 Å². The number of rotatable bonds is 3. The smallest absolute Gasteiger partial charge is 0.121 e. The summed E-state index contributed by atoms with van der Waals surface area (Å²) in [5.41, 5.74) is 4.03. The molecule has 0 spiro atoms. The molecule has 0 radical (unpaired) electrons. The fraction of sp³-hybridized carbons (Fsp3) is 0.500. The summed E-state index contributed by atoms with van der Waals surface area (Å²) in [4.78, 5) is 6.85. The van der Waals surface area contributed by atoms with Crippen molar-refractivity contribution in [2.45, 2.75) is 19.9 Å². The molecule has 0 bridgehead atoms. The second-order valence-corrected chi connectivity index (χ2v) is 4.67. The molecule has 18 heavy (non-hydrogen) atoms. The zero-order valence-electron chi connectivity index (χ0n) is 11.5. The lowest BCUT2D eigenvalue weighted by Gasteiger charge is -2.25. The molecule has 1 aliphatic heterocycles. The molecule has 0 saturated carbocycles. The summed E-state index contributed by atoms with van der Waals surface area (Å²) in [5, 5.41) is 3.39. The van der Waals surface area contributed by atoms with Crippen LogP contribution in [0.2, 0.25) is 0 Å². The molecule has 0 amide bonds. The van der Waals surface area contributed by atoms with E-state index in [1.165, 1.54) is 16.7 Å². The van der Waals surface area contributed by atoms with E-state index >= 15 is 0 Å². The number of aliphatic imine (C=N–C) groups is 1. The number of nitrogens with zero attached hydrogens (tertiary/aromatic N) is 2. The van der Waals surface area contributed by atoms with Gasteiger partial charge in [0, 0.05) is 13.6 Å². The average Bonchev–Trinajstić information content (AvgIpc) is 2.72. The summed E-state index contributed by atoms with van der Waals surface area (Å²) in [5.74, 6) is 1.15. The lowest BCUT2D eigenvalue weighted by molar-refractivity contribution is 0.523. The minimum atomic E-state index is 0. The molecule has 100 valence electrons. The number of hydrogen-bond acceptors (Lipinski definition) is 3. The van der Waals surface area contributed by atoms with E-state index in [1.807, 2.05) is 7.05 Å². The predicted octanol–water partition coefficient (Wildman–Crippen LogP) is 2.33. The van der Waals surface area contributed by atoms with Crippen molar-refractivity contribution in [2.75, 3.05) is 27.2 Å². The first-order valence-electron chi connectivity index (χ1n) is 6.14. The van der Waals surface area contributed by atoms with Gasteiger partial charge in [0.1, 0.15) is 5.84 Å². The van der Waals surface area contributed by atoms with Crippen LogP contribution in [-0.2, 0) is 0 Å². The van der Waals surface area contributed by atoms with E-state index in [0.717, 1.165) is 18.9 Å². The Bertz CT molecular complexity index is 443. The number of hydrogen-bond donors (Lipinski definition) is 1. The Hall–Kier alpha value is -1.06. The Morgan fingerprint density at radius 2 is 2.06 bits per heavy atom. The Morgan fingerprint density at radius 3 is 2.61 bits per heavy atom. The van der Waals surface area contributed by atoms with E-state index in [2.05, 4.69) is 54.3 Å². The molecule has 2 rings (SSSR count). The van der Waals surface area contributed by atoms with Gasteiger partial charge in [-0.1, -0.05) is 18.2 Å². The maximum Gasteiger partial charge on any atom is 0.121 e. The third-order valence-electron chi connectivity index (χ3n) is 3.60. The SMILES string of the molecule is CNC(C1=NCCN1C)c1cccc(C)c1C.Cl. The van der Waals surface area contributed by atoms with Crippen LogP contribution < -0.4 is 5.32 Å². The van der Waals surface area contributed by atoms with Crippen molar-refractivity contribution in [3.8, 4) is 0 Å². The van der Waals surface area contributed by atoms with Crippen molar-refractivity contribution < 1.29 is 0 Å². The highest BCUT2D eigenvalue weighted by Crippen LogP contribution is 2.23. The minimum Gasteiger partial charge on any atom is -0.360 e. The maximum atomic E-state index is 4.62. The van der Waals surface area contributed by atoms with E-state index < -0.39 is 0 Å². The first-order valence-corrected chi connectivity index (χ1v) is 6.14. The molecule has 1 unspecified atom stereocenters. The quantitative estimate of drug-likeness (QED) is 0.910. The number of nitrogens with one attached hydrogen (secondary N) is 1. The zero-order chi connectivity index (χ0) is 12.4. The highest BCUT2D eigenvalue weighted by Gasteiger charge is 2.24. The van der Waals surface area contributed by atoms with E-state index in [-0.39, 0.29) is 18.4 Å². The van der Waals surface area contributed by atoms with Gasteiger partial charge >= 0.3 is 0 Å². The summed E-state index contributed by atoms with van der Waals surface area (Å²) in [7, 11) is 4.11. The van der Waals surface area contributed by atoms with E-state index in [4.69, 9.17) is 0 Å². The van der Waals surface area contributed by atoms with Crippen molar-refractivity contribution in [2.24, 2.45) is 4.99 Å². The number of benzene rings is 1. The number of aryl methyl sites for hydroxylation is 1. The average molecular weight is 268 g/mol. The van der Waals surface area contributed by atoms with Gasteiger partial charge in [-0.3, -0.25) is 4.99 Å². The summed E-state index contributed by atoms with van der Waals surface area (Å²) in [6.45, 7) is 6.28. The third-order valence-corrected chi connectivity index (χ3v) is 3.60. The molecular weight excluding hydrogens is 246 g/mol. The second-order valence-electron chi connectivity index (χ2n) is 4.67. The molecule has 0 aromatic heterocycles. The number of likely N-dealkylation sites (N-methyl/N-ethyl adjacent to an activating group) is 2. The van der Waals surface area contributed by atoms with Crippen LogP contribution in [-0.4, -0.2) is 37.9 Å². The number of halogens is 1. The van der Waals surface area contributed by atoms with Gasteiger partial charge in [-0.05, 0) is 37.6 Å². The summed E-state index contributed by atoms with van der Waals surface area (Å²) < 4.78 is 0. The van der Waals surface area contributed by atoms with Gasteiger partial charge < -0.3 is 10.2 Å². The largest absolute Gasteiger partial charge is 0.360 e. The van der Waals surface area contributed by atoms with Crippen molar-refractivity contribution >= 4 is 18.2 Å². The van der Waals surface area contributed by atoms with Crippen LogP contribution in [0.15, 0.2) is 23.2 Å². The Balaban J connectivity index is 0.00000162. The van der Waals surface area contributed by atoms with Crippen LogP contribution in [0.3, 0.4) is 0 Å². The summed E-state index contributed by atoms with van der Waals surface area (Å²) in [6, 6.07) is 6.68. The lowest BCUT2D eigenvalue weighted by atomic mass is 9.96. The molecule has 1 atom stereocenters.